The van der Waals surface area contributed by atoms with E-state index in [9.17, 15) is 8.42 Å². The second kappa shape index (κ2) is 10.1. The lowest BCUT2D eigenvalue weighted by atomic mass is 10.2. The number of sulfonamides is 1. The molecule has 162 valence electrons. The van der Waals surface area contributed by atoms with E-state index < -0.39 is 10.0 Å². The number of rotatable bonds is 9. The van der Waals surface area contributed by atoms with Crippen LogP contribution in [0.3, 0.4) is 0 Å². The molecule has 0 spiro atoms. The van der Waals surface area contributed by atoms with Crippen LogP contribution < -0.4 is 14.9 Å². The number of anilines is 4. The Kier molecular flexibility index (Phi) is 7.25. The highest BCUT2D eigenvalue weighted by Crippen LogP contribution is 2.20. The van der Waals surface area contributed by atoms with Crippen molar-refractivity contribution in [2.24, 2.45) is 0 Å². The third-order valence-electron chi connectivity index (χ3n) is 4.57. The van der Waals surface area contributed by atoms with E-state index in [-0.39, 0.29) is 0 Å². The van der Waals surface area contributed by atoms with Gasteiger partial charge in [-0.05, 0) is 56.7 Å². The van der Waals surface area contributed by atoms with Gasteiger partial charge in [-0.3, -0.25) is 4.72 Å². The molecular formula is C23H27N5O2S. The van der Waals surface area contributed by atoms with E-state index in [1.54, 1.807) is 30.3 Å². The zero-order valence-electron chi connectivity index (χ0n) is 17.9. The molecule has 0 saturated heterocycles. The zero-order valence-corrected chi connectivity index (χ0v) is 18.7. The molecule has 31 heavy (non-hydrogen) atoms. The standard InChI is InChI=1S/C23H27N5O2S/c1-4-28(5-2)22-17-18(3)24-23(26-22)25-20-11-13-21(14-12-20)27-31(29,30)16-15-19-9-7-6-8-10-19/h6-17,27H,4-5H2,1-3H3,(H,24,25,26)/b16-15+. The Balaban J connectivity index is 1.68. The number of hydrogen-bond donors (Lipinski definition) is 2. The third kappa shape index (κ3) is 6.55. The van der Waals surface area contributed by atoms with Gasteiger partial charge in [0.1, 0.15) is 5.82 Å². The van der Waals surface area contributed by atoms with Crippen LogP contribution in [0.15, 0.2) is 66.1 Å². The second-order valence-corrected chi connectivity index (χ2v) is 8.49. The van der Waals surface area contributed by atoms with E-state index in [0.717, 1.165) is 41.3 Å². The molecular weight excluding hydrogens is 410 g/mol. The normalized spacial score (nSPS) is 11.5. The predicted molar refractivity (Wildman–Crippen MR) is 128 cm³/mol. The molecule has 3 aromatic rings. The first kappa shape index (κ1) is 22.3. The second-order valence-electron chi connectivity index (χ2n) is 6.93. The Bertz CT molecular complexity index is 1130. The molecule has 0 amide bonds. The third-order valence-corrected chi connectivity index (χ3v) is 5.58. The Hall–Kier alpha value is -3.39. The molecule has 0 unspecified atom stereocenters. The molecule has 8 heteroatoms. The summed E-state index contributed by atoms with van der Waals surface area (Å²) in [4.78, 5) is 11.2. The van der Waals surface area contributed by atoms with Gasteiger partial charge in [0.05, 0.1) is 5.41 Å². The van der Waals surface area contributed by atoms with Gasteiger partial charge in [-0.15, -0.1) is 0 Å². The van der Waals surface area contributed by atoms with Crippen molar-refractivity contribution < 1.29 is 8.42 Å². The smallest absolute Gasteiger partial charge is 0.255 e. The minimum Gasteiger partial charge on any atom is -0.357 e. The van der Waals surface area contributed by atoms with Crippen LogP contribution >= 0.6 is 0 Å². The van der Waals surface area contributed by atoms with Gasteiger partial charge in [-0.1, -0.05) is 30.3 Å². The maximum atomic E-state index is 12.3. The van der Waals surface area contributed by atoms with E-state index in [2.05, 4.69) is 38.8 Å². The van der Waals surface area contributed by atoms with Crippen molar-refractivity contribution >= 4 is 39.2 Å². The van der Waals surface area contributed by atoms with Crippen LogP contribution in [0, 0.1) is 6.92 Å². The lowest BCUT2D eigenvalue weighted by Crippen LogP contribution is -2.23. The van der Waals surface area contributed by atoms with E-state index in [0.29, 0.717) is 11.6 Å². The summed E-state index contributed by atoms with van der Waals surface area (Å²) in [6.45, 7) is 7.83. The number of aryl methyl sites for hydroxylation is 1. The lowest BCUT2D eigenvalue weighted by Gasteiger charge is -2.20. The fraction of sp³-hybridized carbons (Fsp3) is 0.217. The molecule has 0 aliphatic carbocycles. The van der Waals surface area contributed by atoms with Crippen LogP contribution in [0.1, 0.15) is 25.1 Å². The maximum Gasteiger partial charge on any atom is 0.255 e. The van der Waals surface area contributed by atoms with E-state index in [4.69, 9.17) is 0 Å². The predicted octanol–water partition coefficient (Wildman–Crippen LogP) is 4.79. The minimum absolute atomic E-state index is 0.470. The molecule has 7 nitrogen and oxygen atoms in total. The van der Waals surface area contributed by atoms with E-state index in [1.807, 2.05) is 43.3 Å². The maximum absolute atomic E-state index is 12.3. The van der Waals surface area contributed by atoms with Gasteiger partial charge in [0.15, 0.2) is 0 Å². The summed E-state index contributed by atoms with van der Waals surface area (Å²) in [5, 5.41) is 4.34. The Morgan fingerprint density at radius 1 is 0.935 bits per heavy atom. The largest absolute Gasteiger partial charge is 0.357 e. The Morgan fingerprint density at radius 3 is 2.23 bits per heavy atom. The topological polar surface area (TPSA) is 87.2 Å². The molecule has 0 aliphatic rings. The summed E-state index contributed by atoms with van der Waals surface area (Å²) in [7, 11) is -3.61. The molecule has 1 heterocycles. The highest BCUT2D eigenvalue weighted by Gasteiger charge is 2.09. The van der Waals surface area contributed by atoms with Crippen molar-refractivity contribution in [3.63, 3.8) is 0 Å². The highest BCUT2D eigenvalue weighted by molar-refractivity contribution is 7.95. The molecule has 2 N–H and O–H groups in total. The summed E-state index contributed by atoms with van der Waals surface area (Å²) in [5.74, 6) is 1.37. The van der Waals surface area contributed by atoms with Crippen molar-refractivity contribution in [1.82, 2.24) is 9.97 Å². The number of nitrogens with one attached hydrogen (secondary N) is 2. The summed E-state index contributed by atoms with van der Waals surface area (Å²) >= 11 is 0. The average molecular weight is 438 g/mol. The van der Waals surface area contributed by atoms with Gasteiger partial charge in [0, 0.05) is 36.2 Å². The molecule has 0 saturated carbocycles. The Morgan fingerprint density at radius 2 is 1.58 bits per heavy atom. The van der Waals surface area contributed by atoms with Gasteiger partial charge in [0.2, 0.25) is 5.95 Å². The van der Waals surface area contributed by atoms with Crippen LogP contribution in [0.4, 0.5) is 23.1 Å². The van der Waals surface area contributed by atoms with Crippen LogP contribution in [0.5, 0.6) is 0 Å². The quantitative estimate of drug-likeness (QED) is 0.501. The molecule has 2 aromatic carbocycles. The molecule has 0 fully saturated rings. The fourth-order valence-electron chi connectivity index (χ4n) is 3.00. The summed E-state index contributed by atoms with van der Waals surface area (Å²) < 4.78 is 27.2. The summed E-state index contributed by atoms with van der Waals surface area (Å²) in [5.41, 5.74) is 2.92. The lowest BCUT2D eigenvalue weighted by molar-refractivity contribution is 0.609. The van der Waals surface area contributed by atoms with Crippen LogP contribution in [0.2, 0.25) is 0 Å². The summed E-state index contributed by atoms with van der Waals surface area (Å²) in [6.07, 6.45) is 1.56. The number of aromatic nitrogens is 2. The van der Waals surface area contributed by atoms with Crippen molar-refractivity contribution in [2.75, 3.05) is 28.0 Å². The van der Waals surface area contributed by atoms with Gasteiger partial charge >= 0.3 is 0 Å². The van der Waals surface area contributed by atoms with Crippen molar-refractivity contribution in [1.29, 1.82) is 0 Å². The SMILES string of the molecule is CCN(CC)c1cc(C)nc(Nc2ccc(NS(=O)(=O)/C=C/c3ccccc3)cc2)n1. The monoisotopic (exact) mass is 437 g/mol. The molecule has 3 rings (SSSR count). The zero-order chi connectivity index (χ0) is 22.3. The molecule has 0 radical (unpaired) electrons. The Labute approximate surface area is 183 Å². The van der Waals surface area contributed by atoms with Gasteiger partial charge in [-0.2, -0.15) is 4.98 Å². The molecule has 0 bridgehead atoms. The van der Waals surface area contributed by atoms with Crippen LogP contribution in [0.25, 0.3) is 6.08 Å². The van der Waals surface area contributed by atoms with E-state index in [1.165, 1.54) is 0 Å². The first-order valence-electron chi connectivity index (χ1n) is 10.1. The first-order valence-corrected chi connectivity index (χ1v) is 11.7. The molecule has 0 aliphatic heterocycles. The fourth-order valence-corrected chi connectivity index (χ4v) is 3.87. The van der Waals surface area contributed by atoms with Crippen LogP contribution in [-0.4, -0.2) is 31.5 Å². The first-order chi connectivity index (χ1) is 14.9. The highest BCUT2D eigenvalue weighted by atomic mass is 32.2. The van der Waals surface area contributed by atoms with Crippen LogP contribution in [-0.2, 0) is 10.0 Å². The van der Waals surface area contributed by atoms with Gasteiger partial charge < -0.3 is 10.2 Å². The van der Waals surface area contributed by atoms with Crippen molar-refractivity contribution in [3.8, 4) is 0 Å². The number of hydrogen-bond acceptors (Lipinski definition) is 6. The van der Waals surface area contributed by atoms with Gasteiger partial charge in [-0.25, -0.2) is 13.4 Å². The van der Waals surface area contributed by atoms with E-state index >= 15 is 0 Å². The van der Waals surface area contributed by atoms with Gasteiger partial charge in [0.25, 0.3) is 10.0 Å². The van der Waals surface area contributed by atoms with Crippen molar-refractivity contribution in [2.45, 2.75) is 20.8 Å². The summed E-state index contributed by atoms with van der Waals surface area (Å²) in [6, 6.07) is 18.2. The number of nitrogens with zero attached hydrogens (tertiary/aromatic N) is 3. The molecule has 0 atom stereocenters. The minimum atomic E-state index is -3.61. The molecule has 1 aromatic heterocycles. The van der Waals surface area contributed by atoms with Crippen molar-refractivity contribution in [3.05, 3.63) is 77.3 Å². The number of benzene rings is 2. The average Bonchev–Trinajstić information content (AvgIpc) is 2.75.